The van der Waals surface area contributed by atoms with Crippen molar-refractivity contribution in [3.8, 4) is 11.5 Å². The van der Waals surface area contributed by atoms with Crippen molar-refractivity contribution >= 4 is 50.1 Å². The second-order valence-electron chi connectivity index (χ2n) is 6.60. The molecule has 0 unspecified atom stereocenters. The highest BCUT2D eigenvalue weighted by atomic mass is 35.5. The van der Waals surface area contributed by atoms with Crippen LogP contribution in [0, 0.1) is 0 Å². The van der Waals surface area contributed by atoms with E-state index in [1.54, 1.807) is 24.3 Å². The first-order valence-electron chi connectivity index (χ1n) is 9.54. The molecule has 0 spiro atoms. The molecule has 0 bridgehead atoms. The number of hydrogen-bond acceptors (Lipinski definition) is 5. The highest BCUT2D eigenvalue weighted by molar-refractivity contribution is 7.22. The number of nitrogens with one attached hydrogen (secondary N) is 2. The summed E-state index contributed by atoms with van der Waals surface area (Å²) < 4.78 is 6.74. The summed E-state index contributed by atoms with van der Waals surface area (Å²) in [5, 5.41) is 6.34. The van der Waals surface area contributed by atoms with Crippen LogP contribution in [0.3, 0.4) is 0 Å². The predicted octanol–water partition coefficient (Wildman–Crippen LogP) is 5.50. The predicted molar refractivity (Wildman–Crippen MR) is 123 cm³/mol. The van der Waals surface area contributed by atoms with E-state index < -0.39 is 0 Å². The summed E-state index contributed by atoms with van der Waals surface area (Å²) in [4.78, 5) is 28.8. The Morgan fingerprint density at radius 1 is 0.968 bits per heavy atom. The number of benzene rings is 3. The van der Waals surface area contributed by atoms with Crippen LogP contribution in [0.15, 0.2) is 72.8 Å². The molecule has 0 aliphatic heterocycles. The number of para-hydroxylation sites is 1. The van der Waals surface area contributed by atoms with Gasteiger partial charge in [-0.1, -0.05) is 53.3 Å². The highest BCUT2D eigenvalue weighted by Gasteiger charge is 2.12. The minimum atomic E-state index is -0.315. The summed E-state index contributed by atoms with van der Waals surface area (Å²) in [6.07, 6.45) is 0.120. The monoisotopic (exact) mass is 451 g/mol. The Morgan fingerprint density at radius 2 is 1.74 bits per heavy atom. The molecule has 4 aromatic rings. The Bertz CT molecular complexity index is 1230. The summed E-state index contributed by atoms with van der Waals surface area (Å²) in [5.74, 6) is 0.893. The summed E-state index contributed by atoms with van der Waals surface area (Å²) in [5.41, 5.74) is 1.15. The molecule has 0 aliphatic rings. The van der Waals surface area contributed by atoms with Gasteiger partial charge in [-0.25, -0.2) is 4.98 Å². The van der Waals surface area contributed by atoms with Gasteiger partial charge >= 0.3 is 0 Å². The Morgan fingerprint density at radius 3 is 2.55 bits per heavy atom. The number of fused-ring (bicyclic) bond motifs is 1. The number of rotatable bonds is 7. The Hall–Kier alpha value is -3.42. The molecule has 31 heavy (non-hydrogen) atoms. The van der Waals surface area contributed by atoms with E-state index in [2.05, 4.69) is 15.6 Å². The number of hydrogen-bond donors (Lipinski definition) is 2. The third-order valence-electron chi connectivity index (χ3n) is 4.34. The van der Waals surface area contributed by atoms with Crippen LogP contribution >= 0.6 is 22.9 Å². The molecular weight excluding hydrogens is 434 g/mol. The third kappa shape index (κ3) is 5.39. The second kappa shape index (κ2) is 9.59. The van der Waals surface area contributed by atoms with Crippen molar-refractivity contribution in [2.24, 2.45) is 0 Å². The molecule has 0 saturated carbocycles. The van der Waals surface area contributed by atoms with Crippen LogP contribution in [0.25, 0.3) is 10.2 Å². The van der Waals surface area contributed by atoms with E-state index in [9.17, 15) is 9.59 Å². The van der Waals surface area contributed by atoms with Gasteiger partial charge in [-0.2, -0.15) is 0 Å². The van der Waals surface area contributed by atoms with Gasteiger partial charge in [0.25, 0.3) is 5.91 Å². The SMILES string of the molecule is O=C(CCNC(=O)c1ccccc1Cl)Nc1nc2ccc(Oc3ccccc3)cc2s1. The van der Waals surface area contributed by atoms with Gasteiger partial charge in [-0.05, 0) is 36.4 Å². The molecule has 0 saturated heterocycles. The fourth-order valence-corrected chi connectivity index (χ4v) is 3.99. The molecule has 6 nitrogen and oxygen atoms in total. The van der Waals surface area contributed by atoms with E-state index in [4.69, 9.17) is 16.3 Å². The van der Waals surface area contributed by atoms with Crippen LogP contribution < -0.4 is 15.4 Å². The van der Waals surface area contributed by atoms with E-state index >= 15 is 0 Å². The van der Waals surface area contributed by atoms with E-state index in [-0.39, 0.29) is 24.8 Å². The first-order chi connectivity index (χ1) is 15.1. The van der Waals surface area contributed by atoms with Gasteiger partial charge < -0.3 is 15.4 Å². The number of halogens is 1. The van der Waals surface area contributed by atoms with Gasteiger partial charge in [0, 0.05) is 19.0 Å². The lowest BCUT2D eigenvalue weighted by Crippen LogP contribution is -2.27. The number of thiazole rings is 1. The molecule has 0 radical (unpaired) electrons. The molecule has 8 heteroatoms. The Balaban J connectivity index is 1.32. The van der Waals surface area contributed by atoms with E-state index in [1.807, 2.05) is 48.5 Å². The van der Waals surface area contributed by atoms with Gasteiger partial charge in [-0.15, -0.1) is 0 Å². The number of ether oxygens (including phenoxy) is 1. The quantitative estimate of drug-likeness (QED) is 0.388. The molecule has 0 atom stereocenters. The molecule has 2 amide bonds. The molecule has 1 aromatic heterocycles. The van der Waals surface area contributed by atoms with Crippen LogP contribution in [0.4, 0.5) is 5.13 Å². The average molecular weight is 452 g/mol. The van der Waals surface area contributed by atoms with Crippen LogP contribution in [0.1, 0.15) is 16.8 Å². The maximum absolute atomic E-state index is 12.2. The average Bonchev–Trinajstić information content (AvgIpc) is 3.16. The zero-order chi connectivity index (χ0) is 21.6. The van der Waals surface area contributed by atoms with Crippen LogP contribution in [0.5, 0.6) is 11.5 Å². The number of carbonyl (C=O) groups is 2. The van der Waals surface area contributed by atoms with E-state index in [1.165, 1.54) is 11.3 Å². The molecular formula is C23H18ClN3O3S. The van der Waals surface area contributed by atoms with Crippen molar-refractivity contribution < 1.29 is 14.3 Å². The minimum absolute atomic E-state index is 0.120. The summed E-state index contributed by atoms with van der Waals surface area (Å²) in [6, 6.07) is 21.8. The standard InChI is InChI=1S/C23H18ClN3O3S/c24-18-9-5-4-8-17(18)22(29)25-13-12-21(28)27-23-26-19-11-10-16(14-20(19)31-23)30-15-6-2-1-3-7-15/h1-11,14H,12-13H2,(H,25,29)(H,26,27,28). The zero-order valence-corrected chi connectivity index (χ0v) is 17.9. The third-order valence-corrected chi connectivity index (χ3v) is 5.60. The normalized spacial score (nSPS) is 10.6. The lowest BCUT2D eigenvalue weighted by molar-refractivity contribution is -0.116. The molecule has 156 valence electrons. The largest absolute Gasteiger partial charge is 0.457 e. The first-order valence-corrected chi connectivity index (χ1v) is 10.7. The fraction of sp³-hybridized carbons (Fsp3) is 0.0870. The van der Waals surface area contributed by atoms with Crippen molar-refractivity contribution in [1.29, 1.82) is 0 Å². The smallest absolute Gasteiger partial charge is 0.252 e. The number of carbonyl (C=O) groups excluding carboxylic acids is 2. The van der Waals surface area contributed by atoms with E-state index in [0.29, 0.717) is 21.5 Å². The van der Waals surface area contributed by atoms with Crippen molar-refractivity contribution in [2.75, 3.05) is 11.9 Å². The van der Waals surface area contributed by atoms with Gasteiger partial charge in [0.1, 0.15) is 11.5 Å². The van der Waals surface area contributed by atoms with Crippen LogP contribution in [-0.2, 0) is 4.79 Å². The molecule has 0 aliphatic carbocycles. The van der Waals surface area contributed by atoms with Crippen molar-refractivity contribution in [3.63, 3.8) is 0 Å². The Kier molecular flexibility index (Phi) is 6.45. The summed E-state index contributed by atoms with van der Waals surface area (Å²) >= 11 is 7.37. The maximum Gasteiger partial charge on any atom is 0.252 e. The molecule has 4 rings (SSSR count). The van der Waals surface area contributed by atoms with Crippen molar-refractivity contribution in [2.45, 2.75) is 6.42 Å². The second-order valence-corrected chi connectivity index (χ2v) is 8.04. The van der Waals surface area contributed by atoms with Gasteiger partial charge in [0.05, 0.1) is 20.8 Å². The first kappa shape index (κ1) is 20.8. The fourth-order valence-electron chi connectivity index (χ4n) is 2.86. The molecule has 1 heterocycles. The molecule has 3 aromatic carbocycles. The van der Waals surface area contributed by atoms with Gasteiger partial charge in [0.15, 0.2) is 5.13 Å². The number of nitrogens with zero attached hydrogens (tertiary/aromatic N) is 1. The van der Waals surface area contributed by atoms with Crippen LogP contribution in [0.2, 0.25) is 5.02 Å². The lowest BCUT2D eigenvalue weighted by Gasteiger charge is -2.06. The number of amides is 2. The van der Waals surface area contributed by atoms with E-state index in [0.717, 1.165) is 16.0 Å². The highest BCUT2D eigenvalue weighted by Crippen LogP contribution is 2.31. The molecule has 2 N–H and O–H groups in total. The van der Waals surface area contributed by atoms with Gasteiger partial charge in [-0.3, -0.25) is 9.59 Å². The maximum atomic E-state index is 12.2. The minimum Gasteiger partial charge on any atom is -0.457 e. The number of aromatic nitrogens is 1. The lowest BCUT2D eigenvalue weighted by atomic mass is 10.2. The van der Waals surface area contributed by atoms with Crippen LogP contribution in [-0.4, -0.2) is 23.3 Å². The van der Waals surface area contributed by atoms with Gasteiger partial charge in [0.2, 0.25) is 5.91 Å². The Labute approximate surface area is 187 Å². The summed E-state index contributed by atoms with van der Waals surface area (Å²) in [7, 11) is 0. The molecule has 0 fully saturated rings. The van der Waals surface area contributed by atoms with Crippen molar-refractivity contribution in [3.05, 3.63) is 83.4 Å². The summed E-state index contributed by atoms with van der Waals surface area (Å²) in [6.45, 7) is 0.190. The van der Waals surface area contributed by atoms with Crippen molar-refractivity contribution in [1.82, 2.24) is 10.3 Å². The zero-order valence-electron chi connectivity index (χ0n) is 16.3. The number of anilines is 1. The topological polar surface area (TPSA) is 80.3 Å².